The van der Waals surface area contributed by atoms with Crippen LogP contribution in [-0.4, -0.2) is 23.9 Å². The summed E-state index contributed by atoms with van der Waals surface area (Å²) in [6.45, 7) is 6.77. The topological polar surface area (TPSA) is 26.3 Å². The number of alkyl halides is 6. The quantitative estimate of drug-likeness (QED) is 0.306. The van der Waals surface area contributed by atoms with Crippen LogP contribution in [0.1, 0.15) is 39.5 Å². The highest BCUT2D eigenvalue weighted by atomic mass is 19.4. The maximum Gasteiger partial charge on any atom is 0.437 e. The van der Waals surface area contributed by atoms with Crippen molar-refractivity contribution in [3.8, 4) is 0 Å². The molecule has 5 unspecified atom stereocenters. The molecule has 0 saturated heterocycles. The summed E-state index contributed by atoms with van der Waals surface area (Å²) in [6.07, 6.45) is -7.62. The number of rotatable bonds is 7. The summed E-state index contributed by atoms with van der Waals surface area (Å²) in [5.74, 6) is -3.34. The molecule has 5 atom stereocenters. The standard InChI is InChI=1S/C19H24F6O2/c1-4-11(2)6-5-9-17(18(20,21)22,19(23,24)25)27-16(26)15-12(3)13-7-8-14(15)10-13/h4,7-8,11-15H,1,5-6,9-10H2,2-3H3. The summed E-state index contributed by atoms with van der Waals surface area (Å²) in [4.78, 5) is 12.4. The van der Waals surface area contributed by atoms with Gasteiger partial charge in [-0.05, 0) is 42.9 Å². The summed E-state index contributed by atoms with van der Waals surface area (Å²) in [5.41, 5.74) is -4.48. The monoisotopic (exact) mass is 398 g/mol. The molecule has 8 heteroatoms. The number of ether oxygens (including phenoxy) is 1. The van der Waals surface area contributed by atoms with Gasteiger partial charge in [0, 0.05) is 6.42 Å². The predicted molar refractivity (Wildman–Crippen MR) is 87.5 cm³/mol. The average molecular weight is 398 g/mol. The molecule has 0 aliphatic heterocycles. The Morgan fingerprint density at radius 3 is 2.19 bits per heavy atom. The highest BCUT2D eigenvalue weighted by Gasteiger charge is 2.74. The lowest BCUT2D eigenvalue weighted by molar-refractivity contribution is -0.373. The fourth-order valence-electron chi connectivity index (χ4n) is 4.10. The normalized spacial score (nSPS) is 29.0. The fourth-order valence-corrected chi connectivity index (χ4v) is 4.10. The van der Waals surface area contributed by atoms with E-state index in [1.807, 2.05) is 6.08 Å². The molecule has 2 rings (SSSR count). The third-order valence-corrected chi connectivity index (χ3v) is 5.91. The Morgan fingerprint density at radius 2 is 1.74 bits per heavy atom. The van der Waals surface area contributed by atoms with Crippen LogP contribution in [0.25, 0.3) is 0 Å². The van der Waals surface area contributed by atoms with Crippen LogP contribution < -0.4 is 0 Å². The zero-order valence-electron chi connectivity index (χ0n) is 15.2. The maximum absolute atomic E-state index is 13.6. The first-order chi connectivity index (χ1) is 12.3. The first-order valence-electron chi connectivity index (χ1n) is 9.01. The van der Waals surface area contributed by atoms with E-state index in [1.54, 1.807) is 19.9 Å². The molecule has 2 aliphatic rings. The van der Waals surface area contributed by atoms with Gasteiger partial charge in [0.25, 0.3) is 0 Å². The van der Waals surface area contributed by atoms with Gasteiger partial charge < -0.3 is 4.74 Å². The highest BCUT2D eigenvalue weighted by Crippen LogP contribution is 2.52. The van der Waals surface area contributed by atoms with Crippen molar-refractivity contribution >= 4 is 5.97 Å². The van der Waals surface area contributed by atoms with Crippen LogP contribution in [0.4, 0.5) is 26.3 Å². The Kier molecular flexibility index (Phi) is 6.07. The summed E-state index contributed by atoms with van der Waals surface area (Å²) < 4.78 is 85.8. The SMILES string of the molecule is C=CC(C)CCCC(OC(=O)C1C2C=CC(C2)C1C)(C(F)(F)F)C(F)(F)F. The Bertz CT molecular complexity index is 578. The van der Waals surface area contributed by atoms with Crippen molar-refractivity contribution in [3.05, 3.63) is 24.8 Å². The van der Waals surface area contributed by atoms with E-state index in [-0.39, 0.29) is 30.1 Å². The molecule has 0 amide bonds. The van der Waals surface area contributed by atoms with E-state index in [2.05, 4.69) is 11.3 Å². The van der Waals surface area contributed by atoms with Crippen LogP contribution in [-0.2, 0) is 9.53 Å². The molecular weight excluding hydrogens is 374 g/mol. The molecule has 1 saturated carbocycles. The molecule has 0 aromatic heterocycles. The molecule has 154 valence electrons. The second-order valence-electron chi connectivity index (χ2n) is 7.68. The minimum absolute atomic E-state index is 0.00726. The molecule has 0 aromatic rings. The Hall–Kier alpha value is -1.47. The van der Waals surface area contributed by atoms with Gasteiger partial charge in [0.1, 0.15) is 0 Å². The number of carbonyl (C=O) groups excluding carboxylic acids is 1. The summed E-state index contributed by atoms with van der Waals surface area (Å²) in [6, 6.07) is 0. The van der Waals surface area contributed by atoms with E-state index in [0.717, 1.165) is 0 Å². The van der Waals surface area contributed by atoms with Crippen molar-refractivity contribution < 1.29 is 35.9 Å². The van der Waals surface area contributed by atoms with Gasteiger partial charge in [-0.2, -0.15) is 26.3 Å². The van der Waals surface area contributed by atoms with Gasteiger partial charge in [0.05, 0.1) is 5.92 Å². The first kappa shape index (κ1) is 21.8. The van der Waals surface area contributed by atoms with E-state index >= 15 is 0 Å². The third kappa shape index (κ3) is 4.04. The van der Waals surface area contributed by atoms with Crippen molar-refractivity contribution in [3.63, 3.8) is 0 Å². The second kappa shape index (κ2) is 7.51. The zero-order valence-corrected chi connectivity index (χ0v) is 15.2. The first-order valence-corrected chi connectivity index (χ1v) is 9.01. The van der Waals surface area contributed by atoms with Crippen molar-refractivity contribution in [1.82, 2.24) is 0 Å². The van der Waals surface area contributed by atoms with Gasteiger partial charge in [0.15, 0.2) is 0 Å². The number of carbonyl (C=O) groups is 1. The molecule has 1 fully saturated rings. The van der Waals surface area contributed by atoms with Crippen LogP contribution in [0, 0.1) is 29.6 Å². The minimum atomic E-state index is -5.75. The summed E-state index contributed by atoms with van der Waals surface area (Å²) in [7, 11) is 0. The van der Waals surface area contributed by atoms with Gasteiger partial charge in [-0.15, -0.1) is 6.58 Å². The molecule has 2 bridgehead atoms. The lowest BCUT2D eigenvalue weighted by atomic mass is 9.84. The van der Waals surface area contributed by atoms with Crippen LogP contribution in [0.2, 0.25) is 0 Å². The Labute approximate surface area is 154 Å². The molecule has 0 radical (unpaired) electrons. The van der Waals surface area contributed by atoms with Gasteiger partial charge in [-0.25, -0.2) is 0 Å². The number of hydrogen-bond acceptors (Lipinski definition) is 2. The lowest BCUT2D eigenvalue weighted by Crippen LogP contribution is -2.60. The van der Waals surface area contributed by atoms with Crippen LogP contribution >= 0.6 is 0 Å². The number of hydrogen-bond donors (Lipinski definition) is 0. The maximum atomic E-state index is 13.6. The van der Waals surface area contributed by atoms with Crippen molar-refractivity contribution in [2.75, 3.05) is 0 Å². The second-order valence-corrected chi connectivity index (χ2v) is 7.68. The highest BCUT2D eigenvalue weighted by molar-refractivity contribution is 5.75. The van der Waals surface area contributed by atoms with Gasteiger partial charge in [-0.3, -0.25) is 4.79 Å². The van der Waals surface area contributed by atoms with E-state index in [0.29, 0.717) is 6.42 Å². The molecule has 0 spiro atoms. The van der Waals surface area contributed by atoms with Crippen LogP contribution in [0.15, 0.2) is 24.8 Å². The number of allylic oxidation sites excluding steroid dienone is 3. The van der Waals surface area contributed by atoms with Crippen LogP contribution in [0.3, 0.4) is 0 Å². The average Bonchev–Trinajstić information content (AvgIpc) is 3.12. The summed E-state index contributed by atoms with van der Waals surface area (Å²) >= 11 is 0. The summed E-state index contributed by atoms with van der Waals surface area (Å²) in [5, 5.41) is 0. The molecule has 2 aliphatic carbocycles. The zero-order chi connectivity index (χ0) is 20.6. The Morgan fingerprint density at radius 1 is 1.19 bits per heavy atom. The van der Waals surface area contributed by atoms with E-state index in [4.69, 9.17) is 0 Å². The van der Waals surface area contributed by atoms with Gasteiger partial charge in [-0.1, -0.05) is 32.1 Å². The van der Waals surface area contributed by atoms with Gasteiger partial charge >= 0.3 is 23.9 Å². The molecule has 2 nitrogen and oxygen atoms in total. The predicted octanol–water partition coefficient (Wildman–Crippen LogP) is 5.84. The fraction of sp³-hybridized carbons (Fsp3) is 0.737. The van der Waals surface area contributed by atoms with E-state index in [9.17, 15) is 31.1 Å². The van der Waals surface area contributed by atoms with E-state index < -0.39 is 42.7 Å². The number of fused-ring (bicyclic) bond motifs is 2. The third-order valence-electron chi connectivity index (χ3n) is 5.91. The number of halogens is 6. The van der Waals surface area contributed by atoms with Crippen molar-refractivity contribution in [2.45, 2.75) is 57.5 Å². The molecule has 27 heavy (non-hydrogen) atoms. The molecule has 0 heterocycles. The lowest BCUT2D eigenvalue weighted by Gasteiger charge is -2.38. The smallest absolute Gasteiger partial charge is 0.437 e. The Balaban J connectivity index is 2.27. The largest absolute Gasteiger partial charge is 0.439 e. The molecule has 0 aromatic carbocycles. The molecular formula is C19H24F6O2. The number of esters is 1. The van der Waals surface area contributed by atoms with Crippen molar-refractivity contribution in [1.29, 1.82) is 0 Å². The van der Waals surface area contributed by atoms with Gasteiger partial charge in [0.2, 0.25) is 0 Å². The van der Waals surface area contributed by atoms with Crippen LogP contribution in [0.5, 0.6) is 0 Å². The van der Waals surface area contributed by atoms with E-state index in [1.165, 1.54) is 6.08 Å². The molecule has 0 N–H and O–H groups in total. The minimum Gasteiger partial charge on any atom is -0.439 e. The van der Waals surface area contributed by atoms with Crippen molar-refractivity contribution in [2.24, 2.45) is 29.6 Å².